The summed E-state index contributed by atoms with van der Waals surface area (Å²) < 4.78 is 38.3. The van der Waals surface area contributed by atoms with Crippen molar-refractivity contribution in [2.24, 2.45) is 5.92 Å². The Bertz CT molecular complexity index is 538. The van der Waals surface area contributed by atoms with Crippen LogP contribution in [-0.2, 0) is 6.18 Å². The second-order valence-electron chi connectivity index (χ2n) is 4.72. The third-order valence-corrected chi connectivity index (χ3v) is 3.25. The van der Waals surface area contributed by atoms with E-state index in [1.54, 1.807) is 0 Å². The van der Waals surface area contributed by atoms with Gasteiger partial charge in [-0.2, -0.15) is 13.2 Å². The van der Waals surface area contributed by atoms with Gasteiger partial charge in [-0.05, 0) is 35.2 Å². The molecule has 0 aliphatic rings. The minimum Gasteiger partial charge on any atom is -0.301 e. The third-order valence-electron chi connectivity index (χ3n) is 2.99. The van der Waals surface area contributed by atoms with E-state index in [1.807, 2.05) is 13.8 Å². The maximum Gasteiger partial charge on any atom is 0.416 e. The second kappa shape index (κ2) is 5.87. The second-order valence-corrected chi connectivity index (χ2v) is 5.04. The van der Waals surface area contributed by atoms with Gasteiger partial charge in [-0.15, -0.1) is 0 Å². The summed E-state index contributed by atoms with van der Waals surface area (Å²) in [5, 5.41) is -0.859. The summed E-state index contributed by atoms with van der Waals surface area (Å²) in [6, 6.07) is 3.19. The smallest absolute Gasteiger partial charge is 0.301 e. The molecule has 0 saturated heterocycles. The average Bonchev–Trinajstić information content (AvgIpc) is 2.34. The molecule has 20 heavy (non-hydrogen) atoms. The van der Waals surface area contributed by atoms with Crippen LogP contribution in [0.5, 0.6) is 0 Å². The number of hydrogen-bond acceptors (Lipinski definition) is 1. The van der Waals surface area contributed by atoms with Crippen molar-refractivity contribution in [2.75, 3.05) is 11.9 Å². The lowest BCUT2D eigenvalue weighted by Gasteiger charge is -2.22. The van der Waals surface area contributed by atoms with Gasteiger partial charge in [-0.1, -0.05) is 26.5 Å². The first-order chi connectivity index (χ1) is 9.05. The van der Waals surface area contributed by atoms with Crippen LogP contribution < -0.4 is 4.90 Å². The number of allylic oxidation sites excluding steroid dienone is 1. The Morgan fingerprint density at radius 1 is 1.35 bits per heavy atom. The predicted octanol–water partition coefficient (Wildman–Crippen LogP) is 5.17. The number of amides is 1. The van der Waals surface area contributed by atoms with E-state index in [-0.39, 0.29) is 11.6 Å². The number of alkyl halides is 3. The fourth-order valence-corrected chi connectivity index (χ4v) is 1.75. The zero-order valence-corrected chi connectivity index (χ0v) is 12.1. The number of benzene rings is 1. The molecule has 1 aromatic rings. The van der Waals surface area contributed by atoms with Gasteiger partial charge >= 0.3 is 11.5 Å². The summed E-state index contributed by atoms with van der Waals surface area (Å²) in [6.45, 7) is 7.59. The molecule has 0 saturated carbocycles. The Labute approximate surface area is 120 Å². The van der Waals surface area contributed by atoms with Crippen molar-refractivity contribution < 1.29 is 18.0 Å². The van der Waals surface area contributed by atoms with Crippen LogP contribution >= 0.6 is 11.6 Å². The molecule has 0 radical (unpaired) electrons. The summed E-state index contributed by atoms with van der Waals surface area (Å²) in [5.41, 5.74) is 0.374. The zero-order valence-electron chi connectivity index (χ0n) is 11.4. The first kappa shape index (κ1) is 16.6. The van der Waals surface area contributed by atoms with Gasteiger partial charge in [0.2, 0.25) is 0 Å². The summed E-state index contributed by atoms with van der Waals surface area (Å²) in [7, 11) is 1.32. The van der Waals surface area contributed by atoms with Crippen LogP contribution in [0.4, 0.5) is 23.7 Å². The van der Waals surface area contributed by atoms with Gasteiger partial charge in [-0.25, -0.2) is 0 Å². The SMILES string of the molecule is C=C(c1ccc(C(F)(F)F)cc1N(C)C(=O)Cl)C(C)C. The van der Waals surface area contributed by atoms with Gasteiger partial charge < -0.3 is 4.90 Å². The zero-order chi connectivity index (χ0) is 15.7. The third kappa shape index (κ3) is 3.54. The molecular weight excluding hydrogens is 291 g/mol. The molecule has 0 bridgehead atoms. The number of carbonyl (C=O) groups is 1. The number of nitrogens with zero attached hydrogens (tertiary/aromatic N) is 1. The molecule has 0 atom stereocenters. The van der Waals surface area contributed by atoms with E-state index in [0.717, 1.165) is 17.0 Å². The maximum atomic E-state index is 12.8. The molecule has 110 valence electrons. The quantitative estimate of drug-likeness (QED) is 0.557. The van der Waals surface area contributed by atoms with Crippen LogP contribution in [0.2, 0.25) is 0 Å². The van der Waals surface area contributed by atoms with Crippen molar-refractivity contribution in [1.29, 1.82) is 0 Å². The van der Waals surface area contributed by atoms with E-state index < -0.39 is 17.1 Å². The van der Waals surface area contributed by atoms with E-state index in [1.165, 1.54) is 13.1 Å². The van der Waals surface area contributed by atoms with Crippen molar-refractivity contribution in [3.8, 4) is 0 Å². The van der Waals surface area contributed by atoms with E-state index in [4.69, 9.17) is 11.6 Å². The number of anilines is 1. The molecule has 0 aromatic heterocycles. The fourth-order valence-electron chi connectivity index (χ4n) is 1.66. The molecule has 0 spiro atoms. The minimum absolute atomic E-state index is 0.0318. The molecule has 0 heterocycles. The lowest BCUT2D eigenvalue weighted by atomic mass is 9.94. The molecule has 6 heteroatoms. The molecule has 0 aliphatic carbocycles. The number of hydrogen-bond donors (Lipinski definition) is 0. The first-order valence-corrected chi connectivity index (χ1v) is 6.27. The van der Waals surface area contributed by atoms with Crippen LogP contribution in [0.1, 0.15) is 25.0 Å². The monoisotopic (exact) mass is 305 g/mol. The van der Waals surface area contributed by atoms with Crippen molar-refractivity contribution in [3.63, 3.8) is 0 Å². The highest BCUT2D eigenvalue weighted by atomic mass is 35.5. The van der Waals surface area contributed by atoms with Gasteiger partial charge in [0.1, 0.15) is 0 Å². The molecule has 0 unspecified atom stereocenters. The van der Waals surface area contributed by atoms with Crippen molar-refractivity contribution in [2.45, 2.75) is 20.0 Å². The fraction of sp³-hybridized carbons (Fsp3) is 0.357. The van der Waals surface area contributed by atoms with Gasteiger partial charge in [-0.3, -0.25) is 4.79 Å². The van der Waals surface area contributed by atoms with Crippen molar-refractivity contribution in [1.82, 2.24) is 0 Å². The molecule has 1 aromatic carbocycles. The van der Waals surface area contributed by atoms with Gasteiger partial charge in [0.25, 0.3) is 0 Å². The predicted molar refractivity (Wildman–Crippen MR) is 75.0 cm³/mol. The lowest BCUT2D eigenvalue weighted by Crippen LogP contribution is -2.22. The Morgan fingerprint density at radius 2 is 1.90 bits per heavy atom. The molecule has 0 N–H and O–H groups in total. The largest absolute Gasteiger partial charge is 0.416 e. The summed E-state index contributed by atoms with van der Waals surface area (Å²) in [5.74, 6) is 0.0318. The van der Waals surface area contributed by atoms with Crippen LogP contribution in [-0.4, -0.2) is 12.4 Å². The summed E-state index contributed by atoms with van der Waals surface area (Å²) in [4.78, 5) is 12.2. The van der Waals surface area contributed by atoms with Gasteiger partial charge in [0, 0.05) is 12.6 Å². The lowest BCUT2D eigenvalue weighted by molar-refractivity contribution is -0.137. The maximum absolute atomic E-state index is 12.8. The van der Waals surface area contributed by atoms with E-state index in [2.05, 4.69) is 6.58 Å². The molecule has 1 amide bonds. The van der Waals surface area contributed by atoms with Crippen LogP contribution in [0, 0.1) is 5.92 Å². The molecule has 0 fully saturated rings. The first-order valence-electron chi connectivity index (χ1n) is 5.89. The van der Waals surface area contributed by atoms with Crippen LogP contribution in [0.25, 0.3) is 5.57 Å². The van der Waals surface area contributed by atoms with E-state index in [9.17, 15) is 18.0 Å². The topological polar surface area (TPSA) is 20.3 Å². The standard InChI is InChI=1S/C14H15ClF3NO/c1-8(2)9(3)11-6-5-10(14(16,17)18)7-12(11)19(4)13(15)20/h5-8H,3H2,1-2,4H3. The minimum atomic E-state index is -4.48. The molecular formula is C14H15ClF3NO. The highest BCUT2D eigenvalue weighted by molar-refractivity contribution is 6.66. The Hall–Kier alpha value is -1.49. The Balaban J connectivity index is 3.46. The highest BCUT2D eigenvalue weighted by Gasteiger charge is 2.32. The highest BCUT2D eigenvalue weighted by Crippen LogP contribution is 2.37. The van der Waals surface area contributed by atoms with Gasteiger partial charge in [0.05, 0.1) is 11.3 Å². The molecule has 2 nitrogen and oxygen atoms in total. The Kier molecular flexibility index (Phi) is 4.86. The molecule has 0 aliphatic heterocycles. The Morgan fingerprint density at radius 3 is 2.30 bits per heavy atom. The van der Waals surface area contributed by atoms with Crippen molar-refractivity contribution >= 4 is 28.2 Å². The normalized spacial score (nSPS) is 11.6. The van der Waals surface area contributed by atoms with Crippen LogP contribution in [0.3, 0.4) is 0 Å². The number of carbonyl (C=O) groups excluding carboxylic acids is 1. The van der Waals surface area contributed by atoms with Gasteiger partial charge in [0.15, 0.2) is 0 Å². The molecule has 1 rings (SSSR count). The van der Waals surface area contributed by atoms with Crippen LogP contribution in [0.15, 0.2) is 24.8 Å². The summed E-state index contributed by atoms with van der Waals surface area (Å²) >= 11 is 5.36. The average molecular weight is 306 g/mol. The van der Waals surface area contributed by atoms with Crippen molar-refractivity contribution in [3.05, 3.63) is 35.9 Å². The number of halogens is 4. The van der Waals surface area contributed by atoms with E-state index in [0.29, 0.717) is 11.1 Å². The number of rotatable bonds is 3. The van der Waals surface area contributed by atoms with E-state index >= 15 is 0 Å². The summed E-state index contributed by atoms with van der Waals surface area (Å²) in [6.07, 6.45) is -4.48.